The number of fused-ring (bicyclic) bond motifs is 1. The van der Waals surface area contributed by atoms with Gasteiger partial charge in [-0.2, -0.15) is 13.2 Å². The molecule has 1 saturated carbocycles. The van der Waals surface area contributed by atoms with E-state index in [4.69, 9.17) is 4.74 Å². The standard InChI is InChI=1S/C28H38F3NO6S/c1-14(8-19-13-39-23(12-33)32-19)21-7-6-18(28(29,30)31)9-17-10-20(17)15(2)25(36)16(3)26(37)27(4,5)22(34)11-24(35)38-21/h6,8,13,15-17,20-22,25,33-34,36H,7,9-12H2,1-5H3/t15-,16+,17-,20+,21-,22-,25-/m0/s1. The van der Waals surface area contributed by atoms with Crippen molar-refractivity contribution in [3.05, 3.63) is 33.3 Å². The average molecular weight is 574 g/mol. The van der Waals surface area contributed by atoms with Crippen molar-refractivity contribution in [3.63, 3.8) is 0 Å². The highest BCUT2D eigenvalue weighted by Crippen LogP contribution is 2.51. The van der Waals surface area contributed by atoms with Gasteiger partial charge in [-0.3, -0.25) is 9.59 Å². The molecule has 0 amide bonds. The molecule has 1 aromatic heterocycles. The van der Waals surface area contributed by atoms with Crippen LogP contribution in [0.5, 0.6) is 0 Å². The van der Waals surface area contributed by atoms with E-state index in [-0.39, 0.29) is 31.3 Å². The van der Waals surface area contributed by atoms with E-state index < -0.39 is 65.5 Å². The molecule has 39 heavy (non-hydrogen) atoms. The number of ether oxygens (including phenoxy) is 1. The molecule has 0 spiro atoms. The quantitative estimate of drug-likeness (QED) is 0.350. The van der Waals surface area contributed by atoms with Crippen molar-refractivity contribution >= 4 is 29.2 Å². The number of halogens is 3. The number of allylic oxidation sites excluding steroid dienone is 1. The Bertz CT molecular complexity index is 1110. The first-order valence-electron chi connectivity index (χ1n) is 13.2. The highest BCUT2D eigenvalue weighted by molar-refractivity contribution is 7.09. The number of rotatable bonds is 3. The zero-order valence-corrected chi connectivity index (χ0v) is 23.7. The van der Waals surface area contributed by atoms with E-state index in [1.807, 2.05) is 0 Å². The summed E-state index contributed by atoms with van der Waals surface area (Å²) in [5, 5.41) is 33.2. The van der Waals surface area contributed by atoms with Crippen molar-refractivity contribution in [1.82, 2.24) is 4.98 Å². The number of cyclic esters (lactones) is 1. The molecule has 1 aliphatic carbocycles. The number of alkyl halides is 3. The van der Waals surface area contributed by atoms with Gasteiger partial charge in [0.2, 0.25) is 0 Å². The second kappa shape index (κ2) is 12.2. The summed E-state index contributed by atoms with van der Waals surface area (Å²) in [5.74, 6) is -3.05. The van der Waals surface area contributed by atoms with Gasteiger partial charge in [-0.1, -0.05) is 33.8 Å². The highest BCUT2D eigenvalue weighted by atomic mass is 32.1. The maximum absolute atomic E-state index is 14.0. The fraction of sp³-hybridized carbons (Fsp3) is 0.679. The number of aliphatic hydroxyl groups excluding tert-OH is 3. The van der Waals surface area contributed by atoms with Crippen molar-refractivity contribution in [2.45, 2.75) is 91.4 Å². The summed E-state index contributed by atoms with van der Waals surface area (Å²) in [6.07, 6.45) is -6.04. The molecule has 2 aliphatic rings. The third kappa shape index (κ3) is 7.56. The van der Waals surface area contributed by atoms with Crippen LogP contribution >= 0.6 is 11.3 Å². The minimum absolute atomic E-state index is 0.164. The molecular weight excluding hydrogens is 535 g/mol. The average Bonchev–Trinajstić information content (AvgIpc) is 3.49. The summed E-state index contributed by atoms with van der Waals surface area (Å²) in [5.41, 5.74) is -1.18. The summed E-state index contributed by atoms with van der Waals surface area (Å²) in [6.45, 7) is 7.66. The highest BCUT2D eigenvalue weighted by Gasteiger charge is 2.49. The number of ketones is 1. The number of carbonyl (C=O) groups excluding carboxylic acids is 2. The zero-order chi connectivity index (χ0) is 29.3. The van der Waals surface area contributed by atoms with Crippen molar-refractivity contribution in [3.8, 4) is 0 Å². The topological polar surface area (TPSA) is 117 Å². The minimum atomic E-state index is -4.58. The normalized spacial score (nSPS) is 33.3. The molecule has 7 nitrogen and oxygen atoms in total. The first kappa shape index (κ1) is 31.4. The van der Waals surface area contributed by atoms with Crippen molar-refractivity contribution in [2.24, 2.45) is 29.1 Å². The monoisotopic (exact) mass is 573 g/mol. The molecule has 2 heterocycles. The minimum Gasteiger partial charge on any atom is -0.457 e. The molecule has 1 aromatic rings. The lowest BCUT2D eigenvalue weighted by atomic mass is 9.72. The summed E-state index contributed by atoms with van der Waals surface area (Å²) < 4.78 is 47.5. The van der Waals surface area contributed by atoms with Gasteiger partial charge < -0.3 is 20.1 Å². The van der Waals surface area contributed by atoms with Gasteiger partial charge in [-0.15, -0.1) is 11.3 Å². The molecule has 0 unspecified atom stereocenters. The fourth-order valence-electron chi connectivity index (χ4n) is 5.35. The number of nitrogens with zero attached hydrogens (tertiary/aromatic N) is 1. The third-order valence-corrected chi connectivity index (χ3v) is 9.08. The van der Waals surface area contributed by atoms with Gasteiger partial charge >= 0.3 is 12.1 Å². The van der Waals surface area contributed by atoms with E-state index in [9.17, 15) is 38.1 Å². The molecule has 3 N–H and O–H groups in total. The van der Waals surface area contributed by atoms with Gasteiger partial charge in [-0.05, 0) is 49.2 Å². The Morgan fingerprint density at radius 3 is 2.49 bits per heavy atom. The van der Waals surface area contributed by atoms with Crippen molar-refractivity contribution < 1.29 is 42.8 Å². The van der Waals surface area contributed by atoms with E-state index in [1.54, 1.807) is 32.2 Å². The number of Topliss-reactive ketones (excluding diaryl/α,β-unsaturated/α-hetero) is 1. The Kier molecular flexibility index (Phi) is 9.84. The lowest BCUT2D eigenvalue weighted by Gasteiger charge is -2.34. The van der Waals surface area contributed by atoms with Crippen LogP contribution in [-0.4, -0.2) is 56.5 Å². The third-order valence-electron chi connectivity index (χ3n) is 8.23. The molecule has 1 aliphatic heterocycles. The number of carbonyl (C=O) groups is 2. The van der Waals surface area contributed by atoms with Crippen LogP contribution in [0.4, 0.5) is 13.2 Å². The van der Waals surface area contributed by atoms with Crippen molar-refractivity contribution in [2.75, 3.05) is 0 Å². The Hall–Kier alpha value is -2.08. The van der Waals surface area contributed by atoms with Crippen molar-refractivity contribution in [1.29, 1.82) is 0 Å². The number of hydrogen-bond donors (Lipinski definition) is 3. The van der Waals surface area contributed by atoms with E-state index in [2.05, 4.69) is 4.98 Å². The molecule has 218 valence electrons. The van der Waals surface area contributed by atoms with E-state index in [0.29, 0.717) is 22.7 Å². The Balaban J connectivity index is 1.98. The summed E-state index contributed by atoms with van der Waals surface area (Å²) >= 11 is 1.22. The molecular formula is C28H38F3NO6S. The molecule has 0 saturated heterocycles. The lowest BCUT2D eigenvalue weighted by Crippen LogP contribution is -2.46. The number of aromatic nitrogens is 1. The predicted octanol–water partition coefficient (Wildman–Crippen LogP) is 4.85. The molecule has 1 fully saturated rings. The number of esters is 1. The fourth-order valence-corrected chi connectivity index (χ4v) is 5.96. The van der Waals surface area contributed by atoms with E-state index >= 15 is 0 Å². The Morgan fingerprint density at radius 2 is 1.90 bits per heavy atom. The van der Waals surface area contributed by atoms with Crippen LogP contribution in [0.25, 0.3) is 6.08 Å². The van der Waals surface area contributed by atoms with Gasteiger partial charge in [-0.25, -0.2) is 4.98 Å². The van der Waals surface area contributed by atoms with Gasteiger partial charge in [0.1, 0.15) is 16.9 Å². The smallest absolute Gasteiger partial charge is 0.412 e. The van der Waals surface area contributed by atoms with E-state index in [0.717, 1.165) is 6.08 Å². The Labute approximate surface area is 230 Å². The van der Waals surface area contributed by atoms with Crippen LogP contribution in [0.2, 0.25) is 0 Å². The Morgan fingerprint density at radius 1 is 1.23 bits per heavy atom. The maximum Gasteiger partial charge on any atom is 0.412 e. The summed E-state index contributed by atoms with van der Waals surface area (Å²) in [6, 6.07) is 0. The van der Waals surface area contributed by atoms with Gasteiger partial charge in [0.05, 0.1) is 36.3 Å². The first-order chi connectivity index (χ1) is 18.1. The number of thiazole rings is 1. The molecule has 0 aromatic carbocycles. The molecule has 7 atom stereocenters. The van der Waals surface area contributed by atoms with E-state index in [1.165, 1.54) is 25.2 Å². The van der Waals surface area contributed by atoms with Crippen LogP contribution in [0.1, 0.15) is 71.0 Å². The van der Waals surface area contributed by atoms with Crippen LogP contribution in [0, 0.1) is 29.1 Å². The summed E-state index contributed by atoms with van der Waals surface area (Å²) in [4.78, 5) is 30.4. The van der Waals surface area contributed by atoms with Gasteiger partial charge in [0.15, 0.2) is 0 Å². The van der Waals surface area contributed by atoms with Gasteiger partial charge in [0.25, 0.3) is 0 Å². The van der Waals surface area contributed by atoms with Crippen LogP contribution in [0.15, 0.2) is 22.6 Å². The molecule has 3 rings (SSSR count). The molecule has 0 bridgehead atoms. The SMILES string of the molecule is CC(=Cc1csc(CO)n1)[C@@H]1CC=C(C(F)(F)F)C[C@H]2C[C@@H]2[C@H](C)[C@H](O)[C@@H](C)C(=O)C(C)(C)[C@@H](O)CC(=O)O1. The number of aliphatic hydroxyl groups is 3. The molecule has 0 radical (unpaired) electrons. The lowest BCUT2D eigenvalue weighted by molar-refractivity contribution is -0.154. The van der Waals surface area contributed by atoms with Crippen LogP contribution in [0.3, 0.4) is 0 Å². The van der Waals surface area contributed by atoms with Crippen LogP contribution in [-0.2, 0) is 20.9 Å². The maximum atomic E-state index is 14.0. The van der Waals surface area contributed by atoms with Gasteiger partial charge in [0, 0.05) is 23.3 Å². The second-order valence-corrected chi connectivity index (χ2v) is 12.4. The second-order valence-electron chi connectivity index (χ2n) is 11.5. The summed E-state index contributed by atoms with van der Waals surface area (Å²) in [7, 11) is 0. The zero-order valence-electron chi connectivity index (χ0n) is 22.9. The number of hydrogen-bond acceptors (Lipinski definition) is 8. The van der Waals surface area contributed by atoms with Crippen LogP contribution < -0.4 is 0 Å². The largest absolute Gasteiger partial charge is 0.457 e. The molecule has 11 heteroatoms. The first-order valence-corrected chi connectivity index (χ1v) is 14.0. The predicted molar refractivity (Wildman–Crippen MR) is 140 cm³/mol.